The van der Waals surface area contributed by atoms with Gasteiger partial charge in [-0.1, -0.05) is 18.9 Å². The summed E-state index contributed by atoms with van der Waals surface area (Å²) in [6, 6.07) is 13.7. The Kier molecular flexibility index (Phi) is 10.7. The fraction of sp³-hybridized carbons (Fsp3) is 0.469. The lowest BCUT2D eigenvalue weighted by atomic mass is 10.1. The average Bonchev–Trinajstić information content (AvgIpc) is 2.97. The van der Waals surface area contributed by atoms with Crippen molar-refractivity contribution in [2.24, 2.45) is 0 Å². The summed E-state index contributed by atoms with van der Waals surface area (Å²) >= 11 is 1.65. The summed E-state index contributed by atoms with van der Waals surface area (Å²) in [5, 5.41) is 13.9. The molecule has 1 amide bonds. The number of pyridine rings is 1. The molecule has 1 aromatic heterocycles. The van der Waals surface area contributed by atoms with Crippen molar-refractivity contribution in [3.8, 4) is 6.07 Å². The zero-order chi connectivity index (χ0) is 31.0. The number of hydrogen-bond donors (Lipinski definition) is 1. The number of fused-ring (bicyclic) bond motifs is 1. The number of aromatic nitrogens is 1. The molecule has 0 unspecified atom stereocenters. The molecular weight excluding hydrogens is 575 g/mol. The zero-order valence-electron chi connectivity index (χ0n) is 24.8. The van der Waals surface area contributed by atoms with E-state index in [0.717, 1.165) is 71.8 Å². The molecule has 1 N–H and O–H groups in total. The number of hydrogen-bond acceptors (Lipinski definition) is 7. The first kappa shape index (κ1) is 32.3. The van der Waals surface area contributed by atoms with E-state index in [4.69, 9.17) is 4.74 Å². The van der Waals surface area contributed by atoms with Crippen molar-refractivity contribution in [2.75, 3.05) is 48.7 Å². The maximum absolute atomic E-state index is 13.0. The smallest absolute Gasteiger partial charge is 0.416 e. The summed E-state index contributed by atoms with van der Waals surface area (Å²) in [6.07, 6.45) is 0.964. The molecule has 11 heteroatoms. The molecule has 2 heterocycles. The lowest BCUT2D eigenvalue weighted by Gasteiger charge is -2.37. The Hall–Kier alpha value is -3.65. The van der Waals surface area contributed by atoms with E-state index >= 15 is 0 Å². The molecule has 3 aromatic rings. The van der Waals surface area contributed by atoms with Crippen molar-refractivity contribution < 1.29 is 22.7 Å². The number of alkyl halides is 3. The molecule has 1 aliphatic rings. The number of ether oxygens (including phenoxy) is 1. The monoisotopic (exact) mass is 613 g/mol. The summed E-state index contributed by atoms with van der Waals surface area (Å²) in [7, 11) is 0. The molecule has 0 atom stereocenters. The lowest BCUT2D eigenvalue weighted by molar-refractivity contribution is -0.137. The van der Waals surface area contributed by atoms with Crippen LogP contribution in [0.5, 0.6) is 0 Å². The third-order valence-electron chi connectivity index (χ3n) is 7.08. The summed E-state index contributed by atoms with van der Waals surface area (Å²) in [5.74, 6) is 0.882. The quantitative estimate of drug-likeness (QED) is 0.184. The molecule has 1 aliphatic heterocycles. The number of carbonyl (C=O) groups excluding carboxylic acids is 1. The molecule has 43 heavy (non-hydrogen) atoms. The molecule has 230 valence electrons. The van der Waals surface area contributed by atoms with Crippen molar-refractivity contribution in [1.82, 2.24) is 9.88 Å². The van der Waals surface area contributed by atoms with Gasteiger partial charge in [-0.15, -0.1) is 11.8 Å². The lowest BCUT2D eigenvalue weighted by Crippen LogP contribution is -2.50. The Morgan fingerprint density at radius 3 is 2.47 bits per heavy atom. The molecule has 0 aliphatic carbocycles. The number of anilines is 2. The molecule has 1 saturated heterocycles. The first-order chi connectivity index (χ1) is 20.4. The molecule has 1 fully saturated rings. The summed E-state index contributed by atoms with van der Waals surface area (Å²) in [6.45, 7) is 8.71. The van der Waals surface area contributed by atoms with Crippen LogP contribution in [0.15, 0.2) is 53.6 Å². The third-order valence-corrected chi connectivity index (χ3v) is 8.24. The van der Waals surface area contributed by atoms with Crippen LogP contribution >= 0.6 is 11.8 Å². The van der Waals surface area contributed by atoms with Gasteiger partial charge >= 0.3 is 12.3 Å². The number of carbonyl (C=O) groups is 1. The number of amides is 1. The Bertz CT molecular complexity index is 1440. The second kappa shape index (κ2) is 14.2. The maximum Gasteiger partial charge on any atom is 0.416 e. The van der Waals surface area contributed by atoms with Crippen LogP contribution in [-0.2, 0) is 10.9 Å². The van der Waals surface area contributed by atoms with Crippen LogP contribution in [0.2, 0.25) is 0 Å². The van der Waals surface area contributed by atoms with E-state index in [1.807, 2.05) is 45.0 Å². The maximum atomic E-state index is 13.0. The number of nitriles is 1. The van der Waals surface area contributed by atoms with Crippen LogP contribution in [0.25, 0.3) is 10.9 Å². The van der Waals surface area contributed by atoms with E-state index in [0.29, 0.717) is 37.3 Å². The SMILES string of the molecule is CC(C)(C)OC(=O)N1CCN(c2ccc(NCCCCCCSc3ccnc4cc(C(F)(F)F)ccc34)cc2C#N)CC1. The molecule has 7 nitrogen and oxygen atoms in total. The van der Waals surface area contributed by atoms with E-state index in [-0.39, 0.29) is 6.09 Å². The van der Waals surface area contributed by atoms with Crippen LogP contribution in [0.4, 0.5) is 29.3 Å². The normalized spacial score (nSPS) is 14.1. The average molecular weight is 614 g/mol. The minimum atomic E-state index is -4.38. The van der Waals surface area contributed by atoms with Crippen molar-refractivity contribution in [1.29, 1.82) is 5.26 Å². The largest absolute Gasteiger partial charge is 0.444 e. The molecule has 0 saturated carbocycles. The fourth-order valence-electron chi connectivity index (χ4n) is 4.89. The second-order valence-corrected chi connectivity index (χ2v) is 12.7. The van der Waals surface area contributed by atoms with Crippen molar-refractivity contribution in [2.45, 2.75) is 63.1 Å². The number of nitrogens with zero attached hydrogens (tertiary/aromatic N) is 4. The number of rotatable bonds is 10. The van der Waals surface area contributed by atoms with E-state index in [1.54, 1.807) is 22.9 Å². The zero-order valence-corrected chi connectivity index (χ0v) is 25.7. The number of unbranched alkanes of at least 4 members (excludes halogenated alkanes) is 3. The van der Waals surface area contributed by atoms with Crippen molar-refractivity contribution >= 4 is 40.1 Å². The van der Waals surface area contributed by atoms with Gasteiger partial charge in [-0.25, -0.2) is 4.79 Å². The van der Waals surface area contributed by atoms with E-state index < -0.39 is 17.3 Å². The van der Waals surface area contributed by atoms with Gasteiger partial charge in [-0.3, -0.25) is 4.98 Å². The minimum absolute atomic E-state index is 0.306. The highest BCUT2D eigenvalue weighted by atomic mass is 32.2. The van der Waals surface area contributed by atoms with Crippen LogP contribution in [0.1, 0.15) is 57.6 Å². The molecule has 0 radical (unpaired) electrons. The highest BCUT2D eigenvalue weighted by Gasteiger charge is 2.31. The number of nitrogens with one attached hydrogen (secondary N) is 1. The van der Waals surface area contributed by atoms with Gasteiger partial charge in [0.1, 0.15) is 11.7 Å². The van der Waals surface area contributed by atoms with Crippen LogP contribution < -0.4 is 10.2 Å². The van der Waals surface area contributed by atoms with Gasteiger partial charge in [0.25, 0.3) is 0 Å². The topological polar surface area (TPSA) is 81.5 Å². The van der Waals surface area contributed by atoms with Gasteiger partial charge < -0.3 is 19.9 Å². The van der Waals surface area contributed by atoms with Gasteiger partial charge in [0.15, 0.2) is 0 Å². The number of halogens is 3. The van der Waals surface area contributed by atoms with Crippen molar-refractivity contribution in [3.05, 3.63) is 59.8 Å². The van der Waals surface area contributed by atoms with Crippen LogP contribution in [0, 0.1) is 11.3 Å². The standard InChI is InChI=1S/C32H38F3N5O2S/c1-31(2,3)42-30(41)40-17-15-39(16-18-40)28-11-9-25(20-23(28)22-36)37-13-6-4-5-7-19-43-29-12-14-38-27-21-24(32(33,34)35)8-10-26(27)29/h8-12,14,20-21,37H,4-7,13,15-19H2,1-3H3. The van der Waals surface area contributed by atoms with E-state index in [9.17, 15) is 23.2 Å². The van der Waals surface area contributed by atoms with Gasteiger partial charge in [-0.2, -0.15) is 18.4 Å². The molecular formula is C32H38F3N5O2S. The van der Waals surface area contributed by atoms with Crippen LogP contribution in [-0.4, -0.2) is 60.1 Å². The number of piperazine rings is 1. The molecule has 0 bridgehead atoms. The highest BCUT2D eigenvalue weighted by molar-refractivity contribution is 7.99. The minimum Gasteiger partial charge on any atom is -0.444 e. The molecule has 4 rings (SSSR count). The predicted molar refractivity (Wildman–Crippen MR) is 166 cm³/mol. The van der Waals surface area contributed by atoms with Gasteiger partial charge in [0.2, 0.25) is 0 Å². The number of benzene rings is 2. The summed E-state index contributed by atoms with van der Waals surface area (Å²) < 4.78 is 44.5. The second-order valence-electron chi connectivity index (χ2n) is 11.5. The summed E-state index contributed by atoms with van der Waals surface area (Å²) in [4.78, 5) is 21.3. The summed E-state index contributed by atoms with van der Waals surface area (Å²) in [5.41, 5.74) is 1.53. The third kappa shape index (κ3) is 9.17. The van der Waals surface area contributed by atoms with Gasteiger partial charge in [-0.05, 0) is 75.8 Å². The highest BCUT2D eigenvalue weighted by Crippen LogP contribution is 2.34. The molecule has 2 aromatic carbocycles. The first-order valence-corrected chi connectivity index (χ1v) is 15.5. The number of thioether (sulfide) groups is 1. The Morgan fingerprint density at radius 2 is 1.77 bits per heavy atom. The fourth-order valence-corrected chi connectivity index (χ4v) is 5.94. The molecule has 0 spiro atoms. The Labute approximate surface area is 255 Å². The first-order valence-electron chi connectivity index (χ1n) is 14.5. The Morgan fingerprint density at radius 1 is 1.02 bits per heavy atom. The van der Waals surface area contributed by atoms with Crippen LogP contribution in [0.3, 0.4) is 0 Å². The predicted octanol–water partition coefficient (Wildman–Crippen LogP) is 7.95. The van der Waals surface area contributed by atoms with Crippen molar-refractivity contribution in [3.63, 3.8) is 0 Å². The van der Waals surface area contributed by atoms with Gasteiger partial charge in [0, 0.05) is 54.9 Å². The Balaban J connectivity index is 1.16. The van der Waals surface area contributed by atoms with E-state index in [2.05, 4.69) is 21.3 Å². The van der Waals surface area contributed by atoms with Gasteiger partial charge in [0.05, 0.1) is 22.3 Å². The van der Waals surface area contributed by atoms with E-state index in [1.165, 1.54) is 6.07 Å².